The van der Waals surface area contributed by atoms with E-state index >= 15 is 0 Å². The molecular weight excluding hydrogens is 270 g/mol. The largest absolute Gasteiger partial charge is 0.311 e. The smallest absolute Gasteiger partial charge is 0.0701 e. The van der Waals surface area contributed by atoms with Crippen LogP contribution in [0.25, 0.3) is 0 Å². The molecule has 0 spiro atoms. The molecule has 0 saturated heterocycles. The van der Waals surface area contributed by atoms with Crippen molar-refractivity contribution in [1.82, 2.24) is 5.32 Å². The lowest BCUT2D eigenvalue weighted by molar-refractivity contribution is 0.338. The normalized spacial score (nSPS) is 18.4. The minimum atomic E-state index is 0.620. The number of halogens is 1. The highest BCUT2D eigenvalue weighted by Crippen LogP contribution is 2.51. The van der Waals surface area contributed by atoms with Crippen LogP contribution in [-0.2, 0) is 6.54 Å². The van der Waals surface area contributed by atoms with Gasteiger partial charge in [-0.15, -0.1) is 11.3 Å². The highest BCUT2D eigenvalue weighted by atomic mass is 79.9. The standard InChI is InChI=1S/C12H18BrNS/c1-9(2)12(5-6-12)8-14-7-10-3-4-11(13)15-10/h3-4,9,14H,5-8H2,1-2H3. The SMILES string of the molecule is CC(C)C1(CNCc2ccc(Br)s2)CC1. The van der Waals surface area contributed by atoms with Gasteiger partial charge >= 0.3 is 0 Å². The summed E-state index contributed by atoms with van der Waals surface area (Å²) in [5.74, 6) is 0.820. The average molecular weight is 288 g/mol. The molecule has 1 saturated carbocycles. The molecule has 15 heavy (non-hydrogen) atoms. The van der Waals surface area contributed by atoms with Crippen LogP contribution in [0.1, 0.15) is 31.6 Å². The summed E-state index contributed by atoms with van der Waals surface area (Å²) in [5, 5.41) is 3.59. The molecule has 0 amide bonds. The minimum absolute atomic E-state index is 0.620. The van der Waals surface area contributed by atoms with Crippen LogP contribution in [0.3, 0.4) is 0 Å². The van der Waals surface area contributed by atoms with Gasteiger partial charge in [0, 0.05) is 18.0 Å². The predicted molar refractivity (Wildman–Crippen MR) is 70.2 cm³/mol. The second kappa shape index (κ2) is 4.56. The van der Waals surface area contributed by atoms with Gasteiger partial charge in [-0.25, -0.2) is 0 Å². The van der Waals surface area contributed by atoms with Crippen LogP contribution in [0.15, 0.2) is 15.9 Å². The van der Waals surface area contributed by atoms with E-state index in [0.717, 1.165) is 12.5 Å². The van der Waals surface area contributed by atoms with Crippen LogP contribution in [0.5, 0.6) is 0 Å². The van der Waals surface area contributed by atoms with E-state index in [1.165, 1.54) is 28.0 Å². The number of rotatable bonds is 5. The molecule has 1 nitrogen and oxygen atoms in total. The van der Waals surface area contributed by atoms with Gasteiger partial charge in [-0.3, -0.25) is 0 Å². The third kappa shape index (κ3) is 2.83. The second-order valence-electron chi connectivity index (χ2n) is 4.83. The van der Waals surface area contributed by atoms with E-state index in [9.17, 15) is 0 Å². The highest BCUT2D eigenvalue weighted by Gasteiger charge is 2.44. The maximum Gasteiger partial charge on any atom is 0.0701 e. The lowest BCUT2D eigenvalue weighted by Crippen LogP contribution is -2.26. The Morgan fingerprint density at radius 3 is 2.67 bits per heavy atom. The Hall–Kier alpha value is 0.140. The zero-order chi connectivity index (χ0) is 10.9. The molecule has 3 heteroatoms. The number of hydrogen-bond donors (Lipinski definition) is 1. The van der Waals surface area contributed by atoms with E-state index in [-0.39, 0.29) is 0 Å². The zero-order valence-corrected chi connectivity index (χ0v) is 11.7. The zero-order valence-electron chi connectivity index (χ0n) is 9.35. The first-order chi connectivity index (χ1) is 7.12. The molecule has 0 aromatic carbocycles. The number of nitrogens with one attached hydrogen (secondary N) is 1. The van der Waals surface area contributed by atoms with Crippen molar-refractivity contribution < 1.29 is 0 Å². The van der Waals surface area contributed by atoms with Crippen molar-refractivity contribution >= 4 is 27.3 Å². The van der Waals surface area contributed by atoms with E-state index < -0.39 is 0 Å². The molecule has 0 atom stereocenters. The quantitative estimate of drug-likeness (QED) is 0.862. The second-order valence-corrected chi connectivity index (χ2v) is 7.37. The molecule has 1 aliphatic rings. The molecule has 1 aliphatic carbocycles. The van der Waals surface area contributed by atoms with E-state index in [4.69, 9.17) is 0 Å². The highest BCUT2D eigenvalue weighted by molar-refractivity contribution is 9.11. The summed E-state index contributed by atoms with van der Waals surface area (Å²) in [6.07, 6.45) is 2.82. The monoisotopic (exact) mass is 287 g/mol. The fourth-order valence-electron chi connectivity index (χ4n) is 2.00. The molecule has 0 unspecified atom stereocenters. The third-order valence-electron chi connectivity index (χ3n) is 3.52. The van der Waals surface area contributed by atoms with Crippen molar-refractivity contribution in [3.63, 3.8) is 0 Å². The van der Waals surface area contributed by atoms with Crippen molar-refractivity contribution in [2.45, 2.75) is 33.2 Å². The van der Waals surface area contributed by atoms with Gasteiger partial charge in [-0.1, -0.05) is 13.8 Å². The Morgan fingerprint density at radius 1 is 1.47 bits per heavy atom. The molecule has 1 N–H and O–H groups in total. The van der Waals surface area contributed by atoms with Gasteiger partial charge in [0.05, 0.1) is 3.79 Å². The summed E-state index contributed by atoms with van der Waals surface area (Å²) in [5.41, 5.74) is 0.620. The number of thiophene rings is 1. The Bertz CT molecular complexity index is 328. The first-order valence-corrected chi connectivity index (χ1v) is 7.18. The fraction of sp³-hybridized carbons (Fsp3) is 0.667. The first kappa shape index (κ1) is 11.6. The molecule has 0 aliphatic heterocycles. The molecule has 84 valence electrons. The predicted octanol–water partition coefficient (Wildman–Crippen LogP) is 4.04. The van der Waals surface area contributed by atoms with E-state index in [1.807, 2.05) is 11.3 Å². The van der Waals surface area contributed by atoms with Crippen LogP contribution in [0, 0.1) is 11.3 Å². The molecule has 1 heterocycles. The van der Waals surface area contributed by atoms with Crippen molar-refractivity contribution in [2.24, 2.45) is 11.3 Å². The van der Waals surface area contributed by atoms with E-state index in [1.54, 1.807) is 0 Å². The molecule has 1 fully saturated rings. The Labute approximate surface area is 104 Å². The molecule has 0 bridgehead atoms. The maximum atomic E-state index is 3.59. The van der Waals surface area contributed by atoms with Crippen molar-refractivity contribution in [1.29, 1.82) is 0 Å². The third-order valence-corrected chi connectivity index (χ3v) is 5.15. The average Bonchev–Trinajstić information content (AvgIpc) is 2.86. The van der Waals surface area contributed by atoms with Gasteiger partial charge in [0.1, 0.15) is 0 Å². The molecule has 2 rings (SSSR count). The van der Waals surface area contributed by atoms with E-state index in [0.29, 0.717) is 5.41 Å². The lowest BCUT2D eigenvalue weighted by Gasteiger charge is -2.19. The summed E-state index contributed by atoms with van der Waals surface area (Å²) >= 11 is 5.31. The van der Waals surface area contributed by atoms with Crippen LogP contribution >= 0.6 is 27.3 Å². The fourth-order valence-corrected chi connectivity index (χ4v) is 3.45. The molecular formula is C12H18BrNS. The first-order valence-electron chi connectivity index (χ1n) is 5.57. The van der Waals surface area contributed by atoms with E-state index in [2.05, 4.69) is 47.2 Å². The van der Waals surface area contributed by atoms with Crippen LogP contribution in [0.2, 0.25) is 0 Å². The topological polar surface area (TPSA) is 12.0 Å². The summed E-state index contributed by atoms with van der Waals surface area (Å²) in [6.45, 7) is 6.89. The Morgan fingerprint density at radius 2 is 2.20 bits per heavy atom. The lowest BCUT2D eigenvalue weighted by atomic mass is 9.92. The Balaban J connectivity index is 1.76. The van der Waals surface area contributed by atoms with Gasteiger partial charge in [0.15, 0.2) is 0 Å². The van der Waals surface area contributed by atoms with Gasteiger partial charge in [-0.2, -0.15) is 0 Å². The molecule has 0 radical (unpaired) electrons. The minimum Gasteiger partial charge on any atom is -0.311 e. The van der Waals surface area contributed by atoms with Crippen molar-refractivity contribution in [2.75, 3.05) is 6.54 Å². The van der Waals surface area contributed by atoms with Crippen LogP contribution < -0.4 is 5.32 Å². The van der Waals surface area contributed by atoms with Gasteiger partial charge in [0.2, 0.25) is 0 Å². The molecule has 1 aromatic rings. The maximum absolute atomic E-state index is 3.59. The van der Waals surface area contributed by atoms with Crippen LogP contribution in [0.4, 0.5) is 0 Å². The summed E-state index contributed by atoms with van der Waals surface area (Å²) in [7, 11) is 0. The summed E-state index contributed by atoms with van der Waals surface area (Å²) in [4.78, 5) is 1.42. The van der Waals surface area contributed by atoms with Gasteiger partial charge < -0.3 is 5.32 Å². The van der Waals surface area contributed by atoms with Crippen LogP contribution in [-0.4, -0.2) is 6.54 Å². The summed E-state index contributed by atoms with van der Waals surface area (Å²) in [6, 6.07) is 4.31. The Kier molecular flexibility index (Phi) is 3.53. The van der Waals surface area contributed by atoms with Gasteiger partial charge in [-0.05, 0) is 52.2 Å². The van der Waals surface area contributed by atoms with Crippen molar-refractivity contribution in [3.05, 3.63) is 20.8 Å². The van der Waals surface area contributed by atoms with Crippen molar-refractivity contribution in [3.8, 4) is 0 Å². The summed E-state index contributed by atoms with van der Waals surface area (Å²) < 4.78 is 1.23. The molecule has 1 aromatic heterocycles. The number of hydrogen-bond acceptors (Lipinski definition) is 2. The van der Waals surface area contributed by atoms with Gasteiger partial charge in [0.25, 0.3) is 0 Å².